The fraction of sp³-hybridized carbons (Fsp3) is 0.227. The van der Waals surface area contributed by atoms with Crippen LogP contribution >= 0.6 is 0 Å². The highest BCUT2D eigenvalue weighted by atomic mass is 19.1. The summed E-state index contributed by atoms with van der Waals surface area (Å²) in [4.78, 5) is 37.4. The molecule has 0 saturated carbocycles. The number of Topliss-reactive ketones (excluding diaryl/α,β-unsaturated/α-hetero) is 1. The van der Waals surface area contributed by atoms with Crippen LogP contribution in [0.15, 0.2) is 54.1 Å². The van der Waals surface area contributed by atoms with Gasteiger partial charge in [0, 0.05) is 18.5 Å². The number of rotatable bonds is 6. The third-order valence-corrected chi connectivity index (χ3v) is 4.82. The van der Waals surface area contributed by atoms with E-state index in [1.54, 1.807) is 30.3 Å². The van der Waals surface area contributed by atoms with Crippen LogP contribution in [-0.4, -0.2) is 39.3 Å². The van der Waals surface area contributed by atoms with Crippen LogP contribution in [-0.2, 0) is 14.4 Å². The fourth-order valence-corrected chi connectivity index (χ4v) is 3.40. The number of carboxylic acid groups (broad SMARTS) is 1. The molecule has 150 valence electrons. The van der Waals surface area contributed by atoms with Crippen LogP contribution in [0.1, 0.15) is 35.6 Å². The first-order valence-corrected chi connectivity index (χ1v) is 9.12. The van der Waals surface area contributed by atoms with Gasteiger partial charge in [0.15, 0.2) is 0 Å². The van der Waals surface area contributed by atoms with Gasteiger partial charge in [0.05, 0.1) is 11.6 Å². The number of aryl methyl sites for hydroxylation is 1. The molecule has 1 aliphatic rings. The van der Waals surface area contributed by atoms with E-state index in [-0.39, 0.29) is 30.7 Å². The minimum Gasteiger partial charge on any atom is -0.507 e. The average Bonchev–Trinajstić information content (AvgIpc) is 2.93. The lowest BCUT2D eigenvalue weighted by molar-refractivity contribution is -0.140. The molecular formula is C22H20FNO5. The van der Waals surface area contributed by atoms with Gasteiger partial charge in [-0.05, 0) is 31.0 Å². The third-order valence-electron chi connectivity index (χ3n) is 4.82. The summed E-state index contributed by atoms with van der Waals surface area (Å²) in [6, 6.07) is 11.2. The molecule has 3 rings (SSSR count). The molecule has 29 heavy (non-hydrogen) atoms. The highest BCUT2D eigenvalue weighted by Gasteiger charge is 2.45. The molecule has 1 heterocycles. The van der Waals surface area contributed by atoms with Crippen molar-refractivity contribution in [3.05, 3.63) is 76.6 Å². The molecule has 1 aliphatic heterocycles. The minimum atomic E-state index is -1.02. The number of likely N-dealkylation sites (tertiary alicyclic amines) is 1. The smallest absolute Gasteiger partial charge is 0.303 e. The van der Waals surface area contributed by atoms with Gasteiger partial charge in [-0.25, -0.2) is 4.39 Å². The van der Waals surface area contributed by atoms with E-state index < -0.39 is 29.5 Å². The van der Waals surface area contributed by atoms with Gasteiger partial charge in [-0.1, -0.05) is 42.0 Å². The Morgan fingerprint density at radius 3 is 2.41 bits per heavy atom. The lowest BCUT2D eigenvalue weighted by Crippen LogP contribution is -2.31. The predicted molar refractivity (Wildman–Crippen MR) is 103 cm³/mol. The second-order valence-electron chi connectivity index (χ2n) is 6.91. The van der Waals surface area contributed by atoms with E-state index in [9.17, 15) is 23.9 Å². The third kappa shape index (κ3) is 4.18. The Hall–Kier alpha value is -3.48. The molecule has 2 aromatic carbocycles. The standard InChI is InChI=1S/C22H20FNO5/c1-13-7-9-14(10-8-13)20(27)18-19(15-4-2-5-16(23)12-15)24(22(29)21(18)28)11-3-6-17(25)26/h2,4-5,7-10,12,19,27H,3,6,11H2,1H3,(H,25,26)/t19-/m0/s1. The fourth-order valence-electron chi connectivity index (χ4n) is 3.40. The van der Waals surface area contributed by atoms with Gasteiger partial charge in [0.1, 0.15) is 11.6 Å². The van der Waals surface area contributed by atoms with Crippen molar-refractivity contribution in [3.63, 3.8) is 0 Å². The largest absolute Gasteiger partial charge is 0.507 e. The van der Waals surface area contributed by atoms with Gasteiger partial charge < -0.3 is 15.1 Å². The molecule has 0 unspecified atom stereocenters. The zero-order chi connectivity index (χ0) is 21.1. The summed E-state index contributed by atoms with van der Waals surface area (Å²) >= 11 is 0. The molecule has 7 heteroatoms. The zero-order valence-electron chi connectivity index (χ0n) is 15.8. The van der Waals surface area contributed by atoms with E-state index in [0.717, 1.165) is 5.56 Å². The second-order valence-corrected chi connectivity index (χ2v) is 6.91. The number of carbonyl (C=O) groups excluding carboxylic acids is 2. The summed E-state index contributed by atoms with van der Waals surface area (Å²) in [6.45, 7) is 1.86. The monoisotopic (exact) mass is 397 g/mol. The number of carbonyl (C=O) groups is 3. The van der Waals surface area contributed by atoms with Crippen LogP contribution in [0.5, 0.6) is 0 Å². The summed E-state index contributed by atoms with van der Waals surface area (Å²) in [6.07, 6.45) is -0.0599. The number of halogens is 1. The van der Waals surface area contributed by atoms with E-state index >= 15 is 0 Å². The summed E-state index contributed by atoms with van der Waals surface area (Å²) in [7, 11) is 0. The highest BCUT2D eigenvalue weighted by Crippen LogP contribution is 2.39. The Kier molecular flexibility index (Phi) is 5.77. The molecule has 6 nitrogen and oxygen atoms in total. The number of benzene rings is 2. The van der Waals surface area contributed by atoms with Gasteiger partial charge in [-0.15, -0.1) is 0 Å². The number of hydrogen-bond acceptors (Lipinski definition) is 4. The van der Waals surface area contributed by atoms with Crippen molar-refractivity contribution in [2.45, 2.75) is 25.8 Å². The van der Waals surface area contributed by atoms with Crippen molar-refractivity contribution in [3.8, 4) is 0 Å². The van der Waals surface area contributed by atoms with E-state index in [1.807, 2.05) is 6.92 Å². The quantitative estimate of drug-likeness (QED) is 0.442. The van der Waals surface area contributed by atoms with Crippen LogP contribution < -0.4 is 0 Å². The maximum atomic E-state index is 13.9. The molecule has 1 amide bonds. The normalized spacial score (nSPS) is 18.3. The van der Waals surface area contributed by atoms with Gasteiger partial charge >= 0.3 is 5.97 Å². The van der Waals surface area contributed by atoms with Crippen molar-refractivity contribution in [2.24, 2.45) is 0 Å². The lowest BCUT2D eigenvalue weighted by Gasteiger charge is -2.25. The number of ketones is 1. The first-order chi connectivity index (χ1) is 13.8. The maximum absolute atomic E-state index is 13.9. The van der Waals surface area contributed by atoms with Gasteiger partial charge in [-0.3, -0.25) is 14.4 Å². The van der Waals surface area contributed by atoms with Crippen molar-refractivity contribution >= 4 is 23.4 Å². The van der Waals surface area contributed by atoms with E-state index in [2.05, 4.69) is 0 Å². The van der Waals surface area contributed by atoms with Crippen molar-refractivity contribution in [1.82, 2.24) is 4.90 Å². The van der Waals surface area contributed by atoms with E-state index in [1.165, 1.54) is 23.1 Å². The minimum absolute atomic E-state index is 0.0112. The molecule has 2 N–H and O–H groups in total. The van der Waals surface area contributed by atoms with Crippen LogP contribution in [0, 0.1) is 12.7 Å². The van der Waals surface area contributed by atoms with Crippen LogP contribution in [0.4, 0.5) is 4.39 Å². The van der Waals surface area contributed by atoms with Crippen LogP contribution in [0.2, 0.25) is 0 Å². The first-order valence-electron chi connectivity index (χ1n) is 9.12. The van der Waals surface area contributed by atoms with Crippen molar-refractivity contribution in [1.29, 1.82) is 0 Å². The molecule has 0 bridgehead atoms. The Balaban J connectivity index is 2.10. The number of nitrogens with zero attached hydrogens (tertiary/aromatic N) is 1. The number of carboxylic acids is 1. The second kappa shape index (κ2) is 8.26. The molecule has 2 aromatic rings. The highest BCUT2D eigenvalue weighted by molar-refractivity contribution is 6.46. The SMILES string of the molecule is Cc1ccc(C(O)=C2C(=O)C(=O)N(CCCC(=O)O)[C@H]2c2cccc(F)c2)cc1. The average molecular weight is 397 g/mol. The number of hydrogen-bond donors (Lipinski definition) is 2. The molecule has 0 spiro atoms. The number of aliphatic hydroxyl groups is 1. The van der Waals surface area contributed by atoms with Crippen LogP contribution in [0.25, 0.3) is 5.76 Å². The number of aliphatic hydroxyl groups excluding tert-OH is 1. The summed E-state index contributed by atoms with van der Waals surface area (Å²) in [5.74, 6) is -3.65. The maximum Gasteiger partial charge on any atom is 0.303 e. The van der Waals surface area contributed by atoms with Gasteiger partial charge in [0.2, 0.25) is 0 Å². The molecule has 0 aromatic heterocycles. The Bertz CT molecular complexity index is 997. The molecule has 1 atom stereocenters. The first kappa shape index (κ1) is 20.3. The zero-order valence-corrected chi connectivity index (χ0v) is 15.8. The number of aliphatic carboxylic acids is 1. The number of amides is 1. The van der Waals surface area contributed by atoms with Crippen molar-refractivity contribution in [2.75, 3.05) is 6.54 Å². The Morgan fingerprint density at radius 2 is 1.79 bits per heavy atom. The Morgan fingerprint density at radius 1 is 1.10 bits per heavy atom. The predicted octanol–water partition coefficient (Wildman–Crippen LogP) is 3.42. The van der Waals surface area contributed by atoms with Crippen molar-refractivity contribution < 1.29 is 29.0 Å². The topological polar surface area (TPSA) is 94.9 Å². The Labute approximate surface area is 166 Å². The molecule has 1 saturated heterocycles. The van der Waals surface area contributed by atoms with Crippen LogP contribution in [0.3, 0.4) is 0 Å². The molecular weight excluding hydrogens is 377 g/mol. The summed E-state index contributed by atoms with van der Waals surface area (Å²) in [5.41, 5.74) is 1.51. The molecule has 0 aliphatic carbocycles. The lowest BCUT2D eigenvalue weighted by atomic mass is 9.95. The van der Waals surface area contributed by atoms with Gasteiger partial charge in [-0.2, -0.15) is 0 Å². The van der Waals surface area contributed by atoms with Gasteiger partial charge in [0.25, 0.3) is 11.7 Å². The molecule has 0 radical (unpaired) electrons. The molecule has 1 fully saturated rings. The summed E-state index contributed by atoms with van der Waals surface area (Å²) < 4.78 is 13.9. The van der Waals surface area contributed by atoms with E-state index in [0.29, 0.717) is 11.1 Å². The van der Waals surface area contributed by atoms with E-state index in [4.69, 9.17) is 5.11 Å². The summed E-state index contributed by atoms with van der Waals surface area (Å²) in [5, 5.41) is 19.7.